The highest BCUT2D eigenvalue weighted by molar-refractivity contribution is 7.96. The summed E-state index contributed by atoms with van der Waals surface area (Å²) in [6, 6.07) is 0.0493. The van der Waals surface area contributed by atoms with Crippen LogP contribution >= 0.6 is 12.6 Å². The molecule has 0 aromatic rings. The number of carbonyl (C=O) groups excluding carboxylic acids is 2. The minimum atomic E-state index is -0.393. The minimum Gasteiger partial charge on any atom is -0.314 e. The second-order valence-corrected chi connectivity index (χ2v) is 5.37. The highest BCUT2D eigenvalue weighted by Crippen LogP contribution is 2.23. The van der Waals surface area contributed by atoms with Crippen molar-refractivity contribution >= 4 is 31.3 Å². The van der Waals surface area contributed by atoms with Crippen LogP contribution in [-0.2, 0) is 9.59 Å². The van der Waals surface area contributed by atoms with Crippen molar-refractivity contribution in [3.63, 3.8) is 0 Å². The first-order valence-corrected chi connectivity index (χ1v) is 6.72. The molecular weight excluding hydrogens is 249 g/mol. The molecular formula is C11H18BN3O2S. The van der Waals surface area contributed by atoms with E-state index in [1.54, 1.807) is 0 Å². The van der Waals surface area contributed by atoms with E-state index in [1.807, 2.05) is 4.90 Å². The highest BCUT2D eigenvalue weighted by Gasteiger charge is 2.38. The van der Waals surface area contributed by atoms with Gasteiger partial charge in [-0.2, -0.15) is 0 Å². The molecule has 0 aromatic heterocycles. The van der Waals surface area contributed by atoms with E-state index >= 15 is 0 Å². The maximum atomic E-state index is 11.5. The molecule has 2 rings (SSSR count). The average molecular weight is 267 g/mol. The molecule has 2 unspecified atom stereocenters. The lowest BCUT2D eigenvalue weighted by molar-refractivity contribution is -0.116. The first-order chi connectivity index (χ1) is 8.58. The third-order valence-corrected chi connectivity index (χ3v) is 3.99. The Hall–Kier alpha value is -0.365. The number of carbonyl (C=O) groups is 2. The van der Waals surface area contributed by atoms with Gasteiger partial charge in [0.05, 0.1) is 11.7 Å². The van der Waals surface area contributed by atoms with Gasteiger partial charge in [0, 0.05) is 45.3 Å². The lowest BCUT2D eigenvalue weighted by Gasteiger charge is -2.32. The molecule has 0 aliphatic carbocycles. The van der Waals surface area contributed by atoms with Gasteiger partial charge in [-0.25, -0.2) is 0 Å². The van der Waals surface area contributed by atoms with Crippen LogP contribution in [0.2, 0.25) is 0 Å². The van der Waals surface area contributed by atoms with E-state index in [1.165, 1.54) is 0 Å². The highest BCUT2D eigenvalue weighted by atomic mass is 32.1. The van der Waals surface area contributed by atoms with Crippen LogP contribution in [0.25, 0.3) is 0 Å². The van der Waals surface area contributed by atoms with E-state index in [0.717, 1.165) is 39.1 Å². The Kier molecular flexibility index (Phi) is 4.83. The Morgan fingerprint density at radius 1 is 1.33 bits per heavy atom. The smallest absolute Gasteiger partial charge is 0.203 e. The third kappa shape index (κ3) is 3.35. The summed E-state index contributed by atoms with van der Waals surface area (Å²) in [6.45, 7) is 4.79. The summed E-state index contributed by atoms with van der Waals surface area (Å²) in [4.78, 5) is 26.8. The van der Waals surface area contributed by atoms with Crippen LogP contribution in [0.1, 0.15) is 6.42 Å². The van der Waals surface area contributed by atoms with Crippen molar-refractivity contribution in [2.45, 2.75) is 18.5 Å². The van der Waals surface area contributed by atoms with Gasteiger partial charge in [0.2, 0.25) is 5.12 Å². The SMILES string of the molecule is [B]C(=O)CN1CC(N2CCNCC2)CC1C(=O)S. The van der Waals surface area contributed by atoms with E-state index in [2.05, 4.69) is 22.8 Å². The summed E-state index contributed by atoms with van der Waals surface area (Å²) in [5, 5.41) is 3.13. The van der Waals surface area contributed by atoms with Crippen molar-refractivity contribution in [3.05, 3.63) is 0 Å². The van der Waals surface area contributed by atoms with Crippen molar-refractivity contribution in [2.24, 2.45) is 0 Å². The molecule has 2 aliphatic heterocycles. The third-order valence-electron chi connectivity index (χ3n) is 3.69. The van der Waals surface area contributed by atoms with Crippen LogP contribution in [0.5, 0.6) is 0 Å². The Morgan fingerprint density at radius 3 is 2.56 bits per heavy atom. The Labute approximate surface area is 114 Å². The molecule has 0 bridgehead atoms. The Bertz CT molecular complexity index is 336. The molecule has 5 nitrogen and oxygen atoms in total. The number of nitrogens with zero attached hydrogens (tertiary/aromatic N) is 2. The summed E-state index contributed by atoms with van der Waals surface area (Å²) in [7, 11) is 5.22. The van der Waals surface area contributed by atoms with Gasteiger partial charge >= 0.3 is 0 Å². The molecule has 98 valence electrons. The topological polar surface area (TPSA) is 52.7 Å². The van der Waals surface area contributed by atoms with Gasteiger partial charge in [-0.3, -0.25) is 14.6 Å². The molecule has 2 heterocycles. The van der Waals surface area contributed by atoms with Crippen molar-refractivity contribution in [3.8, 4) is 0 Å². The first kappa shape index (κ1) is 14.1. The lowest BCUT2D eigenvalue weighted by Crippen LogP contribution is -2.49. The summed E-state index contributed by atoms with van der Waals surface area (Å²) in [5.41, 5.74) is -0.393. The van der Waals surface area contributed by atoms with E-state index in [4.69, 9.17) is 7.85 Å². The van der Waals surface area contributed by atoms with Crippen LogP contribution in [0.3, 0.4) is 0 Å². The number of rotatable bonds is 4. The fraction of sp³-hybridized carbons (Fsp3) is 0.818. The predicted octanol–water partition coefficient (Wildman–Crippen LogP) is -1.51. The molecule has 2 atom stereocenters. The largest absolute Gasteiger partial charge is 0.314 e. The van der Waals surface area contributed by atoms with Crippen LogP contribution in [0.15, 0.2) is 0 Å². The van der Waals surface area contributed by atoms with Gasteiger partial charge in [-0.15, -0.1) is 12.6 Å². The maximum absolute atomic E-state index is 11.5. The second kappa shape index (κ2) is 6.19. The summed E-state index contributed by atoms with van der Waals surface area (Å²) in [5.74, 6) is 0. The molecule has 2 aliphatic rings. The number of hydrogen-bond acceptors (Lipinski definition) is 5. The number of piperazine rings is 1. The molecule has 2 radical (unpaired) electrons. The van der Waals surface area contributed by atoms with Gasteiger partial charge in [0.15, 0.2) is 7.85 Å². The van der Waals surface area contributed by atoms with Gasteiger partial charge in [-0.1, -0.05) is 0 Å². The normalized spacial score (nSPS) is 30.5. The second-order valence-electron chi connectivity index (χ2n) is 4.93. The van der Waals surface area contributed by atoms with Gasteiger partial charge < -0.3 is 10.1 Å². The van der Waals surface area contributed by atoms with E-state index in [0.29, 0.717) is 6.04 Å². The molecule has 0 spiro atoms. The van der Waals surface area contributed by atoms with Crippen molar-refractivity contribution in [1.82, 2.24) is 15.1 Å². The molecule has 7 heteroatoms. The van der Waals surface area contributed by atoms with Crippen LogP contribution in [-0.4, -0.2) is 79.8 Å². The van der Waals surface area contributed by atoms with Gasteiger partial charge in [0.1, 0.15) is 0 Å². The van der Waals surface area contributed by atoms with E-state index < -0.39 is 5.68 Å². The van der Waals surface area contributed by atoms with Crippen LogP contribution in [0.4, 0.5) is 0 Å². The number of thiol groups is 1. The fourth-order valence-electron chi connectivity index (χ4n) is 2.82. The van der Waals surface area contributed by atoms with E-state index in [9.17, 15) is 9.59 Å². The number of likely N-dealkylation sites (tertiary alicyclic amines) is 1. The summed E-state index contributed by atoms with van der Waals surface area (Å²) < 4.78 is 0. The number of nitrogens with one attached hydrogen (secondary N) is 1. The molecule has 0 aromatic carbocycles. The molecule has 18 heavy (non-hydrogen) atoms. The average Bonchev–Trinajstić information content (AvgIpc) is 2.73. The van der Waals surface area contributed by atoms with Crippen molar-refractivity contribution < 1.29 is 9.59 Å². The van der Waals surface area contributed by atoms with Gasteiger partial charge in [0.25, 0.3) is 0 Å². The van der Waals surface area contributed by atoms with Crippen LogP contribution in [0, 0.1) is 0 Å². The Morgan fingerprint density at radius 2 is 2.00 bits per heavy atom. The summed E-state index contributed by atoms with van der Waals surface area (Å²) in [6.07, 6.45) is 0.746. The first-order valence-electron chi connectivity index (χ1n) is 6.28. The lowest BCUT2D eigenvalue weighted by atomic mass is 10.0. The van der Waals surface area contributed by atoms with Crippen LogP contribution < -0.4 is 5.32 Å². The molecule has 2 saturated heterocycles. The predicted molar refractivity (Wildman–Crippen MR) is 73.0 cm³/mol. The zero-order valence-electron chi connectivity index (χ0n) is 10.3. The summed E-state index contributed by atoms with van der Waals surface area (Å²) >= 11 is 3.92. The molecule has 2 fully saturated rings. The Balaban J connectivity index is 1.98. The van der Waals surface area contributed by atoms with E-state index in [-0.39, 0.29) is 17.7 Å². The number of hydrogen-bond donors (Lipinski definition) is 2. The molecule has 1 N–H and O–H groups in total. The standard InChI is InChI=1S/C11H18BN3O2S/c12-10(16)7-15-6-8(5-9(15)11(17)18)14-3-1-13-2-4-14/h8-9,13H,1-7H2,(H,17,18). The monoisotopic (exact) mass is 267 g/mol. The minimum absolute atomic E-state index is 0.138. The van der Waals surface area contributed by atoms with Crippen molar-refractivity contribution in [1.29, 1.82) is 0 Å². The zero-order chi connectivity index (χ0) is 13.1. The molecule has 0 saturated carbocycles. The zero-order valence-corrected chi connectivity index (χ0v) is 11.2. The maximum Gasteiger partial charge on any atom is 0.203 e. The fourth-order valence-corrected chi connectivity index (χ4v) is 3.09. The molecule has 0 amide bonds. The van der Waals surface area contributed by atoms with Crippen molar-refractivity contribution in [2.75, 3.05) is 39.3 Å². The quantitative estimate of drug-likeness (QED) is 0.479. The van der Waals surface area contributed by atoms with Gasteiger partial charge in [-0.05, 0) is 6.42 Å².